The lowest BCUT2D eigenvalue weighted by Crippen LogP contribution is -2.08. The molecule has 13 heteroatoms. The Balaban J connectivity index is 1.88. The predicted molar refractivity (Wildman–Crippen MR) is 110 cm³/mol. The van der Waals surface area contributed by atoms with E-state index in [2.05, 4.69) is 14.5 Å². The highest BCUT2D eigenvalue weighted by Crippen LogP contribution is 2.41. The van der Waals surface area contributed by atoms with Crippen LogP contribution in [-0.2, 0) is 10.7 Å². The summed E-state index contributed by atoms with van der Waals surface area (Å²) in [6, 6.07) is 3.77. The molecule has 0 radical (unpaired) electrons. The van der Waals surface area contributed by atoms with Crippen LogP contribution in [0.4, 0.5) is 26.3 Å². The van der Waals surface area contributed by atoms with Crippen molar-refractivity contribution >= 4 is 13.2 Å². The molecule has 178 valence electrons. The molecule has 0 spiro atoms. The summed E-state index contributed by atoms with van der Waals surface area (Å²) in [7, 11) is -4.08. The van der Waals surface area contributed by atoms with Crippen molar-refractivity contribution in [3.05, 3.63) is 71.4 Å². The molecule has 2 heterocycles. The Morgan fingerprint density at radius 1 is 1.06 bits per heavy atom. The molecule has 2 aromatic carbocycles. The van der Waals surface area contributed by atoms with Crippen molar-refractivity contribution in [3.8, 4) is 28.3 Å². The number of hydrogen-bond acceptors (Lipinski definition) is 4. The Bertz CT molecular complexity index is 1460. The summed E-state index contributed by atoms with van der Waals surface area (Å²) in [6.07, 6.45) is -2.53. The monoisotopic (exact) mass is 501 g/mol. The third kappa shape index (κ3) is 4.51. The van der Waals surface area contributed by atoms with Crippen molar-refractivity contribution in [2.24, 2.45) is 0 Å². The summed E-state index contributed by atoms with van der Waals surface area (Å²) in [6.45, 7) is 2.30. The second kappa shape index (κ2) is 8.14. The van der Waals surface area contributed by atoms with E-state index in [9.17, 15) is 35.8 Å². The molecule has 0 fully saturated rings. The van der Waals surface area contributed by atoms with Gasteiger partial charge < -0.3 is 9.42 Å². The van der Waals surface area contributed by atoms with E-state index in [1.165, 1.54) is 23.7 Å². The number of aryl methyl sites for hydroxylation is 1. The first kappa shape index (κ1) is 23.8. The summed E-state index contributed by atoms with van der Waals surface area (Å²) in [5.41, 5.74) is -1.91. The molecule has 4 aromatic rings. The predicted octanol–water partition coefficient (Wildman–Crippen LogP) is 6.00. The highest BCUT2D eigenvalue weighted by Gasteiger charge is 2.34. The van der Waals surface area contributed by atoms with Gasteiger partial charge in [0.2, 0.25) is 0 Å². The molecule has 0 aliphatic heterocycles. The molecule has 0 bridgehead atoms. The number of halogens is 6. The number of imidazole rings is 1. The molecule has 0 amide bonds. The summed E-state index contributed by atoms with van der Waals surface area (Å²) < 4.78 is 100. The molecule has 0 aliphatic carbocycles. The number of fused-ring (bicyclic) bond motifs is 1. The van der Waals surface area contributed by atoms with Gasteiger partial charge in [-0.1, -0.05) is 0 Å². The maximum absolute atomic E-state index is 14.9. The Labute approximate surface area is 188 Å². The lowest BCUT2D eigenvalue weighted by atomic mass is 10.1. The van der Waals surface area contributed by atoms with Gasteiger partial charge in [-0.2, -0.15) is 13.2 Å². The van der Waals surface area contributed by atoms with E-state index in [-0.39, 0.29) is 28.3 Å². The Morgan fingerprint density at radius 2 is 1.71 bits per heavy atom. The number of benzene rings is 2. The summed E-state index contributed by atoms with van der Waals surface area (Å²) in [5, 5.41) is 0. The lowest BCUT2D eigenvalue weighted by molar-refractivity contribution is -0.139. The van der Waals surface area contributed by atoms with Crippen LogP contribution in [0.15, 0.2) is 42.7 Å². The van der Waals surface area contributed by atoms with Crippen LogP contribution in [0.3, 0.4) is 0 Å². The average Bonchev–Trinajstić information content (AvgIpc) is 3.01. The molecule has 2 aromatic heterocycles. The fraction of sp³-hybridized carbons (Fsp3) is 0.143. The van der Waals surface area contributed by atoms with Crippen LogP contribution < -0.4 is 4.52 Å². The van der Waals surface area contributed by atoms with E-state index in [1.807, 2.05) is 0 Å². The van der Waals surface area contributed by atoms with Crippen LogP contribution in [0.2, 0.25) is 0 Å². The van der Waals surface area contributed by atoms with E-state index in [0.717, 1.165) is 24.9 Å². The van der Waals surface area contributed by atoms with Crippen molar-refractivity contribution in [1.82, 2.24) is 14.4 Å². The second-order valence-electron chi connectivity index (χ2n) is 7.40. The first-order valence-electron chi connectivity index (χ1n) is 9.45. The Hall–Kier alpha value is -3.37. The SMILES string of the molecule is Cc1nc2cnc(-c3ccc(F)c(C(F)(F)F)c3)cn2c1-c1c(F)cc(OP(C)(=O)O)cc1F. The summed E-state index contributed by atoms with van der Waals surface area (Å²) in [5.74, 6) is -4.23. The van der Waals surface area contributed by atoms with Gasteiger partial charge in [-0.05, 0) is 25.1 Å². The first-order valence-corrected chi connectivity index (χ1v) is 11.5. The number of rotatable bonds is 4. The van der Waals surface area contributed by atoms with Crippen molar-refractivity contribution in [2.45, 2.75) is 13.1 Å². The smallest absolute Gasteiger partial charge is 0.419 e. The topological polar surface area (TPSA) is 76.7 Å². The first-order chi connectivity index (χ1) is 15.7. The maximum Gasteiger partial charge on any atom is 0.419 e. The quantitative estimate of drug-likeness (QED) is 0.274. The minimum atomic E-state index is -4.94. The molecule has 6 nitrogen and oxygen atoms in total. The van der Waals surface area contributed by atoms with Gasteiger partial charge in [0.1, 0.15) is 23.2 Å². The molecule has 1 unspecified atom stereocenters. The molecule has 1 atom stereocenters. The lowest BCUT2D eigenvalue weighted by Gasteiger charge is -2.13. The Morgan fingerprint density at radius 3 is 2.29 bits per heavy atom. The van der Waals surface area contributed by atoms with Crippen LogP contribution in [0.25, 0.3) is 28.2 Å². The Kier molecular flexibility index (Phi) is 5.69. The van der Waals surface area contributed by atoms with E-state index < -0.39 is 48.1 Å². The van der Waals surface area contributed by atoms with Gasteiger partial charge in [-0.25, -0.2) is 22.7 Å². The maximum atomic E-state index is 14.9. The molecular weight excluding hydrogens is 487 g/mol. The zero-order chi connectivity index (χ0) is 25.0. The molecule has 1 N–H and O–H groups in total. The van der Waals surface area contributed by atoms with Gasteiger partial charge in [0.15, 0.2) is 5.65 Å². The highest BCUT2D eigenvalue weighted by molar-refractivity contribution is 7.52. The van der Waals surface area contributed by atoms with E-state index in [4.69, 9.17) is 0 Å². The van der Waals surface area contributed by atoms with Crippen LogP contribution in [-0.4, -0.2) is 25.9 Å². The van der Waals surface area contributed by atoms with Gasteiger partial charge >= 0.3 is 13.8 Å². The summed E-state index contributed by atoms with van der Waals surface area (Å²) in [4.78, 5) is 17.5. The number of aromatic nitrogens is 3. The van der Waals surface area contributed by atoms with Crippen LogP contribution in [0.5, 0.6) is 5.75 Å². The van der Waals surface area contributed by atoms with Crippen LogP contribution in [0.1, 0.15) is 11.3 Å². The molecule has 34 heavy (non-hydrogen) atoms. The minimum Gasteiger partial charge on any atom is -0.424 e. The fourth-order valence-electron chi connectivity index (χ4n) is 3.45. The van der Waals surface area contributed by atoms with Crippen LogP contribution >= 0.6 is 7.60 Å². The van der Waals surface area contributed by atoms with E-state index in [0.29, 0.717) is 12.1 Å². The highest BCUT2D eigenvalue weighted by atomic mass is 31.2. The van der Waals surface area contributed by atoms with Gasteiger partial charge in [0.25, 0.3) is 0 Å². The zero-order valence-corrected chi connectivity index (χ0v) is 18.3. The largest absolute Gasteiger partial charge is 0.424 e. The van der Waals surface area contributed by atoms with Gasteiger partial charge in [-0.3, -0.25) is 9.38 Å². The minimum absolute atomic E-state index is 0.0374. The molecule has 0 aliphatic rings. The van der Waals surface area contributed by atoms with E-state index >= 15 is 0 Å². The van der Waals surface area contributed by atoms with Crippen LogP contribution in [0, 0.1) is 24.4 Å². The van der Waals surface area contributed by atoms with Crippen molar-refractivity contribution in [2.75, 3.05) is 6.66 Å². The van der Waals surface area contributed by atoms with Crippen molar-refractivity contribution < 1.29 is 40.3 Å². The van der Waals surface area contributed by atoms with Gasteiger partial charge in [0.05, 0.1) is 34.4 Å². The molecule has 0 saturated heterocycles. The average molecular weight is 501 g/mol. The number of hydrogen-bond donors (Lipinski definition) is 1. The third-order valence-corrected chi connectivity index (χ3v) is 5.33. The standard InChI is InChI=1S/C21H14F6N3O3P/c1-10-20(19-15(23)6-12(7-16(19)24)33-34(2,31)32)30-9-17(28-8-18(30)29-10)11-3-4-14(22)13(5-11)21(25,26)27/h3-9H,1-2H3,(H,31,32). The summed E-state index contributed by atoms with van der Waals surface area (Å²) >= 11 is 0. The van der Waals surface area contributed by atoms with E-state index in [1.54, 1.807) is 0 Å². The second-order valence-corrected chi connectivity index (χ2v) is 9.18. The van der Waals surface area contributed by atoms with Crippen molar-refractivity contribution in [3.63, 3.8) is 0 Å². The third-order valence-electron chi connectivity index (χ3n) is 4.78. The number of alkyl halides is 3. The van der Waals surface area contributed by atoms with Gasteiger partial charge in [-0.15, -0.1) is 0 Å². The van der Waals surface area contributed by atoms with Crippen molar-refractivity contribution in [1.29, 1.82) is 0 Å². The zero-order valence-electron chi connectivity index (χ0n) is 17.4. The van der Waals surface area contributed by atoms with Gasteiger partial charge in [0, 0.05) is 30.6 Å². The number of nitrogens with zero attached hydrogens (tertiary/aromatic N) is 3. The molecular formula is C21H14F6N3O3P. The molecule has 0 saturated carbocycles. The molecule has 4 rings (SSSR count). The normalized spacial score (nSPS) is 13.8. The fourth-order valence-corrected chi connectivity index (χ4v) is 3.95.